The van der Waals surface area contributed by atoms with Gasteiger partial charge in [-0.05, 0) is 30.3 Å². The molecule has 3 N–H and O–H groups in total. The molecule has 0 aliphatic heterocycles. The minimum absolute atomic E-state index is 0.0982. The Labute approximate surface area is 107 Å². The van der Waals surface area contributed by atoms with Crippen molar-refractivity contribution in [3.8, 4) is 0 Å². The van der Waals surface area contributed by atoms with Crippen LogP contribution in [0.1, 0.15) is 5.56 Å². The van der Waals surface area contributed by atoms with Crippen molar-refractivity contribution in [3.05, 3.63) is 53.7 Å². The third kappa shape index (κ3) is 2.84. The van der Waals surface area contributed by atoms with Crippen molar-refractivity contribution in [2.24, 2.45) is 5.73 Å². The van der Waals surface area contributed by atoms with E-state index in [0.717, 1.165) is 30.0 Å². The summed E-state index contributed by atoms with van der Waals surface area (Å²) in [6.07, 6.45) is 1.47. The molecule has 0 spiro atoms. The zero-order valence-corrected chi connectivity index (χ0v) is 9.97. The normalized spacial score (nSPS) is 10.3. The summed E-state index contributed by atoms with van der Waals surface area (Å²) in [6, 6.07) is 6.35. The van der Waals surface area contributed by atoms with Crippen molar-refractivity contribution in [1.29, 1.82) is 5.41 Å². The van der Waals surface area contributed by atoms with Gasteiger partial charge >= 0.3 is 0 Å². The lowest BCUT2D eigenvalue weighted by molar-refractivity contribution is 0.577. The molecule has 2 aromatic rings. The standard InChI is InChI=1S/C12H9F2N3S/c13-8-1-2-9(14)10(6-8)18-11-5-7(12(15)16)3-4-17-11/h1-6H,(H3,15,16). The molecule has 0 saturated carbocycles. The van der Waals surface area contributed by atoms with Gasteiger partial charge in [-0.15, -0.1) is 0 Å². The third-order valence-corrected chi connectivity index (χ3v) is 3.12. The summed E-state index contributed by atoms with van der Waals surface area (Å²) in [4.78, 5) is 4.15. The Balaban J connectivity index is 2.31. The second kappa shape index (κ2) is 5.14. The summed E-state index contributed by atoms with van der Waals surface area (Å²) < 4.78 is 26.4. The third-order valence-electron chi connectivity index (χ3n) is 2.15. The number of amidine groups is 1. The molecule has 1 aromatic carbocycles. The van der Waals surface area contributed by atoms with Crippen LogP contribution < -0.4 is 5.73 Å². The molecule has 0 aliphatic carbocycles. The number of rotatable bonds is 3. The van der Waals surface area contributed by atoms with Crippen LogP contribution in [0.25, 0.3) is 0 Å². The van der Waals surface area contributed by atoms with Crippen LogP contribution in [-0.4, -0.2) is 10.8 Å². The van der Waals surface area contributed by atoms with Gasteiger partial charge in [0.2, 0.25) is 0 Å². The fourth-order valence-electron chi connectivity index (χ4n) is 1.30. The lowest BCUT2D eigenvalue weighted by Gasteiger charge is -2.04. The number of nitrogen functional groups attached to an aromatic ring is 1. The molecule has 0 fully saturated rings. The first-order valence-electron chi connectivity index (χ1n) is 4.99. The monoisotopic (exact) mass is 265 g/mol. The minimum atomic E-state index is -0.517. The van der Waals surface area contributed by atoms with E-state index in [0.29, 0.717) is 10.6 Å². The molecular weight excluding hydrogens is 256 g/mol. The Bertz CT molecular complexity index is 602. The number of halogens is 2. The summed E-state index contributed by atoms with van der Waals surface area (Å²) in [5.74, 6) is -1.13. The van der Waals surface area contributed by atoms with Crippen molar-refractivity contribution >= 4 is 17.6 Å². The maximum atomic E-state index is 13.4. The van der Waals surface area contributed by atoms with Gasteiger partial charge in [-0.2, -0.15) is 0 Å². The first-order chi connectivity index (χ1) is 8.56. The quantitative estimate of drug-likeness (QED) is 0.662. The summed E-state index contributed by atoms with van der Waals surface area (Å²) in [5, 5.41) is 7.75. The van der Waals surface area contributed by atoms with Crippen molar-refractivity contribution in [2.75, 3.05) is 0 Å². The molecule has 0 bridgehead atoms. The second-order valence-electron chi connectivity index (χ2n) is 3.47. The summed E-state index contributed by atoms with van der Waals surface area (Å²) >= 11 is 0.982. The molecule has 3 nitrogen and oxygen atoms in total. The zero-order chi connectivity index (χ0) is 13.1. The Morgan fingerprint density at radius 3 is 2.72 bits per heavy atom. The Morgan fingerprint density at radius 1 is 1.22 bits per heavy atom. The summed E-state index contributed by atoms with van der Waals surface area (Å²) in [6.45, 7) is 0. The van der Waals surface area contributed by atoms with E-state index in [1.54, 1.807) is 12.1 Å². The molecule has 18 heavy (non-hydrogen) atoms. The van der Waals surface area contributed by atoms with Crippen molar-refractivity contribution in [1.82, 2.24) is 4.98 Å². The van der Waals surface area contributed by atoms with Crippen LogP contribution in [0, 0.1) is 17.0 Å². The molecule has 6 heteroatoms. The largest absolute Gasteiger partial charge is 0.384 e. The lowest BCUT2D eigenvalue weighted by atomic mass is 10.2. The van der Waals surface area contributed by atoms with Crippen LogP contribution in [0.15, 0.2) is 46.5 Å². The van der Waals surface area contributed by atoms with E-state index in [-0.39, 0.29) is 10.7 Å². The Kier molecular flexibility index (Phi) is 3.57. The first-order valence-corrected chi connectivity index (χ1v) is 5.81. The van der Waals surface area contributed by atoms with Gasteiger partial charge in [-0.3, -0.25) is 5.41 Å². The Morgan fingerprint density at radius 2 is 2.00 bits per heavy atom. The molecule has 2 rings (SSSR count). The highest BCUT2D eigenvalue weighted by molar-refractivity contribution is 7.99. The number of aromatic nitrogens is 1. The lowest BCUT2D eigenvalue weighted by Crippen LogP contribution is -2.10. The molecule has 92 valence electrons. The predicted molar refractivity (Wildman–Crippen MR) is 65.7 cm³/mol. The van der Waals surface area contributed by atoms with E-state index >= 15 is 0 Å². The molecule has 1 aromatic heterocycles. The van der Waals surface area contributed by atoms with Gasteiger partial charge in [0.1, 0.15) is 22.5 Å². The van der Waals surface area contributed by atoms with E-state index in [1.807, 2.05) is 0 Å². The zero-order valence-electron chi connectivity index (χ0n) is 9.15. The van der Waals surface area contributed by atoms with Gasteiger partial charge in [0.15, 0.2) is 0 Å². The van der Waals surface area contributed by atoms with Crippen molar-refractivity contribution in [2.45, 2.75) is 9.92 Å². The van der Waals surface area contributed by atoms with E-state index in [9.17, 15) is 8.78 Å². The van der Waals surface area contributed by atoms with Crippen LogP contribution in [0.4, 0.5) is 8.78 Å². The SMILES string of the molecule is N=C(N)c1ccnc(Sc2cc(F)ccc2F)c1. The highest BCUT2D eigenvalue weighted by Crippen LogP contribution is 2.29. The fourth-order valence-corrected chi connectivity index (χ4v) is 2.16. The van der Waals surface area contributed by atoms with Gasteiger partial charge < -0.3 is 5.73 Å². The number of nitrogens with one attached hydrogen (secondary N) is 1. The van der Waals surface area contributed by atoms with Crippen LogP contribution in [-0.2, 0) is 0 Å². The minimum Gasteiger partial charge on any atom is -0.384 e. The molecule has 0 atom stereocenters. The van der Waals surface area contributed by atoms with Gasteiger partial charge in [0.05, 0.1) is 4.90 Å². The second-order valence-corrected chi connectivity index (χ2v) is 4.54. The number of hydrogen-bond acceptors (Lipinski definition) is 3. The maximum Gasteiger partial charge on any atom is 0.137 e. The van der Waals surface area contributed by atoms with Crippen LogP contribution in [0.3, 0.4) is 0 Å². The highest BCUT2D eigenvalue weighted by atomic mass is 32.2. The molecular formula is C12H9F2N3S. The highest BCUT2D eigenvalue weighted by Gasteiger charge is 2.08. The Hall–Kier alpha value is -1.95. The molecule has 0 saturated heterocycles. The summed E-state index contributed by atoms with van der Waals surface area (Å²) in [7, 11) is 0. The van der Waals surface area contributed by atoms with Crippen LogP contribution in [0.2, 0.25) is 0 Å². The predicted octanol–water partition coefficient (Wildman–Crippen LogP) is 2.80. The molecule has 0 radical (unpaired) electrons. The van der Waals surface area contributed by atoms with Crippen LogP contribution >= 0.6 is 11.8 Å². The van der Waals surface area contributed by atoms with Crippen molar-refractivity contribution < 1.29 is 8.78 Å². The molecule has 0 amide bonds. The average Bonchev–Trinajstić information content (AvgIpc) is 2.34. The smallest absolute Gasteiger partial charge is 0.137 e. The number of nitrogens with two attached hydrogens (primary N) is 1. The molecule has 0 aliphatic rings. The van der Waals surface area contributed by atoms with E-state index < -0.39 is 11.6 Å². The van der Waals surface area contributed by atoms with Gasteiger partial charge in [-0.25, -0.2) is 13.8 Å². The molecule has 0 unspecified atom stereocenters. The van der Waals surface area contributed by atoms with Crippen molar-refractivity contribution in [3.63, 3.8) is 0 Å². The maximum absolute atomic E-state index is 13.4. The summed E-state index contributed by atoms with van der Waals surface area (Å²) in [5.41, 5.74) is 5.83. The van der Waals surface area contributed by atoms with Gasteiger partial charge in [0.25, 0.3) is 0 Å². The number of hydrogen-bond donors (Lipinski definition) is 2. The average molecular weight is 265 g/mol. The number of benzene rings is 1. The topological polar surface area (TPSA) is 62.8 Å². The van der Waals surface area contributed by atoms with Gasteiger partial charge in [-0.1, -0.05) is 11.8 Å². The number of pyridine rings is 1. The van der Waals surface area contributed by atoms with E-state index in [1.165, 1.54) is 6.20 Å². The van der Waals surface area contributed by atoms with Crippen LogP contribution in [0.5, 0.6) is 0 Å². The number of nitrogens with zero attached hydrogens (tertiary/aromatic N) is 1. The molecule has 1 heterocycles. The first kappa shape index (κ1) is 12.5. The van der Waals surface area contributed by atoms with E-state index in [2.05, 4.69) is 4.98 Å². The van der Waals surface area contributed by atoms with E-state index in [4.69, 9.17) is 11.1 Å². The fraction of sp³-hybridized carbons (Fsp3) is 0. The van der Waals surface area contributed by atoms with Gasteiger partial charge in [0, 0.05) is 11.8 Å².